The van der Waals surface area contributed by atoms with Gasteiger partial charge in [0.2, 0.25) is 0 Å². The Labute approximate surface area is 490 Å². The Morgan fingerprint density at radius 1 is 0.266 bits per heavy atom. The molecule has 1 unspecified atom stereocenters. The fourth-order valence-corrected chi connectivity index (χ4v) is 9.80. The molecule has 0 rings (SSSR count). The first-order valence-corrected chi connectivity index (χ1v) is 34.1. The van der Waals surface area contributed by atoms with Crippen LogP contribution in [0.2, 0.25) is 0 Å². The molecule has 0 fully saturated rings. The number of esters is 3. The molecule has 1 atom stereocenters. The van der Waals surface area contributed by atoms with Crippen molar-refractivity contribution in [2.24, 2.45) is 0 Å². The molecule has 0 heterocycles. The molecular formula is C73H128O6. The van der Waals surface area contributed by atoms with Gasteiger partial charge < -0.3 is 14.2 Å². The molecule has 0 bridgehead atoms. The number of hydrogen-bond donors (Lipinski definition) is 0. The van der Waals surface area contributed by atoms with E-state index in [1.807, 2.05) is 0 Å². The number of carbonyl (C=O) groups excluding carboxylic acids is 3. The van der Waals surface area contributed by atoms with Crippen LogP contribution >= 0.6 is 0 Å². The minimum Gasteiger partial charge on any atom is -0.462 e. The average molecular weight is 1100 g/mol. The summed E-state index contributed by atoms with van der Waals surface area (Å²) < 4.78 is 17.0. The molecule has 0 saturated heterocycles. The average Bonchev–Trinajstić information content (AvgIpc) is 3.45. The van der Waals surface area contributed by atoms with Crippen molar-refractivity contribution in [2.45, 2.75) is 348 Å². The molecule has 0 saturated carbocycles. The monoisotopic (exact) mass is 1100 g/mol. The number of allylic oxidation sites excluding steroid dienone is 14. The Hall–Kier alpha value is -3.41. The van der Waals surface area contributed by atoms with Gasteiger partial charge in [-0.2, -0.15) is 0 Å². The van der Waals surface area contributed by atoms with Crippen LogP contribution in [-0.4, -0.2) is 37.2 Å². The number of rotatable bonds is 62. The quantitative estimate of drug-likeness (QED) is 0.0261. The van der Waals surface area contributed by atoms with E-state index < -0.39 is 6.10 Å². The van der Waals surface area contributed by atoms with E-state index in [4.69, 9.17) is 14.2 Å². The summed E-state index contributed by atoms with van der Waals surface area (Å²) in [6, 6.07) is 0. The fraction of sp³-hybridized carbons (Fsp3) is 0.767. The molecule has 0 aromatic heterocycles. The highest BCUT2D eigenvalue weighted by Crippen LogP contribution is 2.17. The third-order valence-corrected chi connectivity index (χ3v) is 14.9. The standard InChI is InChI=1S/C73H128O6/c1-4-7-10-13-16-19-22-25-27-29-31-32-33-34-35-36-37-38-39-40-42-43-45-48-51-54-57-60-63-66-72(75)78-69-70(68-77-71(74)65-62-59-56-53-50-47-24-21-18-15-12-9-6-3)79-73(76)67-64-61-58-55-52-49-46-44-41-30-28-26-23-20-17-14-11-8-5-2/h7,10,16-17,19-20,25-28,31-32,34-35,70H,4-6,8-9,11-15,18,21-24,29-30,33,36-69H2,1-3H3/b10-7-,19-16-,20-17-,27-25-,28-26-,32-31-,35-34-. The maximum Gasteiger partial charge on any atom is 0.306 e. The van der Waals surface area contributed by atoms with Gasteiger partial charge in [-0.25, -0.2) is 0 Å². The Morgan fingerprint density at radius 3 is 0.797 bits per heavy atom. The van der Waals surface area contributed by atoms with E-state index >= 15 is 0 Å². The second-order valence-electron chi connectivity index (χ2n) is 22.7. The normalized spacial score (nSPS) is 12.6. The van der Waals surface area contributed by atoms with Crippen LogP contribution in [0, 0.1) is 0 Å². The summed E-state index contributed by atoms with van der Waals surface area (Å²) in [5, 5.41) is 0. The van der Waals surface area contributed by atoms with Gasteiger partial charge in [-0.3, -0.25) is 14.4 Å². The van der Waals surface area contributed by atoms with Crippen molar-refractivity contribution in [2.75, 3.05) is 13.2 Å². The lowest BCUT2D eigenvalue weighted by Gasteiger charge is -2.18. The predicted molar refractivity (Wildman–Crippen MR) is 344 cm³/mol. The second-order valence-corrected chi connectivity index (χ2v) is 22.7. The van der Waals surface area contributed by atoms with Gasteiger partial charge in [-0.1, -0.05) is 311 Å². The summed E-state index contributed by atoms with van der Waals surface area (Å²) in [5.74, 6) is -0.862. The first-order valence-electron chi connectivity index (χ1n) is 34.1. The van der Waals surface area contributed by atoms with Crippen LogP contribution in [0.4, 0.5) is 0 Å². The van der Waals surface area contributed by atoms with E-state index in [0.29, 0.717) is 19.3 Å². The van der Waals surface area contributed by atoms with Crippen molar-refractivity contribution in [3.63, 3.8) is 0 Å². The van der Waals surface area contributed by atoms with Crippen LogP contribution < -0.4 is 0 Å². The fourth-order valence-electron chi connectivity index (χ4n) is 9.80. The van der Waals surface area contributed by atoms with Crippen molar-refractivity contribution < 1.29 is 28.6 Å². The van der Waals surface area contributed by atoms with Crippen LogP contribution in [0.3, 0.4) is 0 Å². The summed E-state index contributed by atoms with van der Waals surface area (Å²) in [5.41, 5.74) is 0. The lowest BCUT2D eigenvalue weighted by molar-refractivity contribution is -0.167. The Kier molecular flexibility index (Phi) is 64.2. The topological polar surface area (TPSA) is 78.9 Å². The van der Waals surface area contributed by atoms with Gasteiger partial charge in [-0.15, -0.1) is 0 Å². The number of carbonyl (C=O) groups is 3. The summed E-state index contributed by atoms with van der Waals surface area (Å²) in [6.07, 6.45) is 88.8. The molecule has 0 amide bonds. The third kappa shape index (κ3) is 65.3. The van der Waals surface area contributed by atoms with Gasteiger partial charge in [0, 0.05) is 19.3 Å². The zero-order valence-corrected chi connectivity index (χ0v) is 52.4. The largest absolute Gasteiger partial charge is 0.462 e. The van der Waals surface area contributed by atoms with E-state index in [2.05, 4.69) is 106 Å². The van der Waals surface area contributed by atoms with Crippen LogP contribution in [0.25, 0.3) is 0 Å². The molecule has 0 aliphatic rings. The predicted octanol–water partition coefficient (Wildman–Crippen LogP) is 23.4. The van der Waals surface area contributed by atoms with Gasteiger partial charge in [0.1, 0.15) is 13.2 Å². The summed E-state index contributed by atoms with van der Waals surface area (Å²) in [7, 11) is 0. The van der Waals surface area contributed by atoms with Crippen molar-refractivity contribution >= 4 is 17.9 Å². The van der Waals surface area contributed by atoms with Crippen molar-refractivity contribution in [3.05, 3.63) is 85.1 Å². The molecule has 0 aliphatic carbocycles. The molecular weight excluding hydrogens is 973 g/mol. The van der Waals surface area contributed by atoms with E-state index in [1.54, 1.807) is 0 Å². The lowest BCUT2D eigenvalue weighted by Crippen LogP contribution is -2.30. The van der Waals surface area contributed by atoms with Crippen LogP contribution in [0.1, 0.15) is 342 Å². The van der Waals surface area contributed by atoms with Crippen molar-refractivity contribution in [1.29, 1.82) is 0 Å². The van der Waals surface area contributed by atoms with Gasteiger partial charge in [0.05, 0.1) is 0 Å². The minimum absolute atomic E-state index is 0.0739. The molecule has 0 radical (unpaired) electrons. The number of ether oxygens (including phenoxy) is 3. The maximum atomic E-state index is 12.9. The zero-order valence-electron chi connectivity index (χ0n) is 52.4. The molecule has 6 heteroatoms. The second kappa shape index (κ2) is 67.1. The third-order valence-electron chi connectivity index (χ3n) is 14.9. The summed E-state index contributed by atoms with van der Waals surface area (Å²) in [6.45, 7) is 6.54. The van der Waals surface area contributed by atoms with Gasteiger partial charge >= 0.3 is 17.9 Å². The van der Waals surface area contributed by atoms with Gasteiger partial charge in [-0.05, 0) is 96.3 Å². The molecule has 79 heavy (non-hydrogen) atoms. The van der Waals surface area contributed by atoms with E-state index in [1.165, 1.54) is 205 Å². The summed E-state index contributed by atoms with van der Waals surface area (Å²) in [4.78, 5) is 38.4. The first kappa shape index (κ1) is 75.6. The van der Waals surface area contributed by atoms with Crippen molar-refractivity contribution in [3.8, 4) is 0 Å². The molecule has 456 valence electrons. The van der Waals surface area contributed by atoms with E-state index in [-0.39, 0.29) is 31.1 Å². The summed E-state index contributed by atoms with van der Waals surface area (Å²) >= 11 is 0. The molecule has 0 spiro atoms. The molecule has 0 aromatic carbocycles. The first-order chi connectivity index (χ1) is 39.0. The Bertz CT molecular complexity index is 1500. The molecule has 0 N–H and O–H groups in total. The highest BCUT2D eigenvalue weighted by atomic mass is 16.6. The SMILES string of the molecule is CC/C=C\C/C=C\C/C=C\C/C=C\C/C=C\CCCCCCCCCCCCCCCC(=O)OCC(COC(=O)CCCCCCCCCCCCCCC)OC(=O)CCCCCCCCCCC/C=C\C/C=C\CCCCC. The zero-order chi connectivity index (χ0) is 57.1. The van der Waals surface area contributed by atoms with Crippen LogP contribution in [0.5, 0.6) is 0 Å². The van der Waals surface area contributed by atoms with Crippen LogP contribution in [-0.2, 0) is 28.6 Å². The minimum atomic E-state index is -0.778. The van der Waals surface area contributed by atoms with E-state index in [0.717, 1.165) is 96.3 Å². The van der Waals surface area contributed by atoms with E-state index in [9.17, 15) is 14.4 Å². The molecule has 6 nitrogen and oxygen atoms in total. The molecule has 0 aliphatic heterocycles. The van der Waals surface area contributed by atoms with Gasteiger partial charge in [0.25, 0.3) is 0 Å². The Balaban J connectivity index is 4.25. The smallest absolute Gasteiger partial charge is 0.306 e. The van der Waals surface area contributed by atoms with Crippen LogP contribution in [0.15, 0.2) is 85.1 Å². The van der Waals surface area contributed by atoms with Gasteiger partial charge in [0.15, 0.2) is 6.10 Å². The Morgan fingerprint density at radius 2 is 0.494 bits per heavy atom. The molecule has 0 aromatic rings. The number of hydrogen-bond acceptors (Lipinski definition) is 6. The number of unbranched alkanes of at least 4 members (excludes halogenated alkanes) is 37. The highest BCUT2D eigenvalue weighted by Gasteiger charge is 2.19. The maximum absolute atomic E-state index is 12.9. The van der Waals surface area contributed by atoms with Crippen molar-refractivity contribution in [1.82, 2.24) is 0 Å². The lowest BCUT2D eigenvalue weighted by atomic mass is 10.0. The highest BCUT2D eigenvalue weighted by molar-refractivity contribution is 5.71.